The van der Waals surface area contributed by atoms with Gasteiger partial charge in [-0.1, -0.05) is 6.92 Å². The molecule has 1 heterocycles. The largest absolute Gasteiger partial charge is 0.478 e. The summed E-state index contributed by atoms with van der Waals surface area (Å²) >= 11 is 0. The van der Waals surface area contributed by atoms with E-state index in [0.29, 0.717) is 17.9 Å². The van der Waals surface area contributed by atoms with Crippen molar-refractivity contribution in [3.05, 3.63) is 23.2 Å². The molecule has 0 aliphatic heterocycles. The van der Waals surface area contributed by atoms with Crippen molar-refractivity contribution >= 4 is 5.97 Å². The first-order valence-electron chi connectivity index (χ1n) is 3.47. The van der Waals surface area contributed by atoms with E-state index in [9.17, 15) is 4.79 Å². The summed E-state index contributed by atoms with van der Waals surface area (Å²) in [6.45, 7) is 3.61. The second kappa shape index (κ2) is 2.78. The van der Waals surface area contributed by atoms with E-state index in [-0.39, 0.29) is 5.56 Å². The lowest BCUT2D eigenvalue weighted by atomic mass is 10.2. The van der Waals surface area contributed by atoms with Gasteiger partial charge in [0.25, 0.3) is 0 Å². The second-order valence-electron chi connectivity index (χ2n) is 2.35. The van der Waals surface area contributed by atoms with Gasteiger partial charge in [-0.2, -0.15) is 0 Å². The van der Waals surface area contributed by atoms with Crippen LogP contribution in [0.5, 0.6) is 0 Å². The van der Waals surface area contributed by atoms with E-state index in [1.165, 1.54) is 0 Å². The van der Waals surface area contributed by atoms with Crippen molar-refractivity contribution in [3.63, 3.8) is 0 Å². The van der Waals surface area contributed by atoms with Crippen LogP contribution in [0.2, 0.25) is 0 Å². The molecule has 0 amide bonds. The molecule has 3 heteroatoms. The molecule has 1 aromatic rings. The third-order valence-corrected chi connectivity index (χ3v) is 1.48. The molecule has 3 nitrogen and oxygen atoms in total. The Morgan fingerprint density at radius 3 is 2.73 bits per heavy atom. The lowest BCUT2D eigenvalue weighted by Gasteiger charge is -1.90. The molecule has 0 aliphatic carbocycles. The van der Waals surface area contributed by atoms with Crippen molar-refractivity contribution in [2.75, 3.05) is 0 Å². The average molecular weight is 154 g/mol. The fraction of sp³-hybridized carbons (Fsp3) is 0.375. The lowest BCUT2D eigenvalue weighted by molar-refractivity contribution is 0.0694. The maximum atomic E-state index is 10.5. The van der Waals surface area contributed by atoms with Crippen molar-refractivity contribution in [1.29, 1.82) is 0 Å². The van der Waals surface area contributed by atoms with Gasteiger partial charge < -0.3 is 9.52 Å². The lowest BCUT2D eigenvalue weighted by Crippen LogP contribution is -1.97. The first-order chi connectivity index (χ1) is 5.15. The number of hydrogen-bond donors (Lipinski definition) is 1. The fourth-order valence-corrected chi connectivity index (χ4v) is 1.01. The number of furan rings is 1. The summed E-state index contributed by atoms with van der Waals surface area (Å²) < 4.78 is 5.14. The van der Waals surface area contributed by atoms with Gasteiger partial charge in [-0.05, 0) is 13.0 Å². The summed E-state index contributed by atoms with van der Waals surface area (Å²) in [6, 6.07) is 1.54. The molecule has 0 saturated carbocycles. The van der Waals surface area contributed by atoms with Crippen LogP contribution >= 0.6 is 0 Å². The highest BCUT2D eigenvalue weighted by atomic mass is 16.4. The van der Waals surface area contributed by atoms with Crippen LogP contribution in [-0.4, -0.2) is 11.1 Å². The molecule has 0 bridgehead atoms. The fourth-order valence-electron chi connectivity index (χ4n) is 1.01. The van der Waals surface area contributed by atoms with E-state index in [0.717, 1.165) is 0 Å². The van der Waals surface area contributed by atoms with Gasteiger partial charge in [0.2, 0.25) is 0 Å². The Morgan fingerprint density at radius 1 is 1.73 bits per heavy atom. The van der Waals surface area contributed by atoms with Crippen molar-refractivity contribution < 1.29 is 14.3 Å². The smallest absolute Gasteiger partial charge is 0.339 e. The second-order valence-corrected chi connectivity index (χ2v) is 2.35. The van der Waals surface area contributed by atoms with Crippen LogP contribution in [0.3, 0.4) is 0 Å². The summed E-state index contributed by atoms with van der Waals surface area (Å²) in [7, 11) is 0. The molecular weight excluding hydrogens is 144 g/mol. The molecule has 11 heavy (non-hydrogen) atoms. The monoisotopic (exact) mass is 154 g/mol. The molecular formula is C8H10O3. The Balaban J connectivity index is 3.12. The Labute approximate surface area is 64.6 Å². The number of rotatable bonds is 2. The minimum absolute atomic E-state index is 0.282. The van der Waals surface area contributed by atoms with Gasteiger partial charge in [0, 0.05) is 6.42 Å². The van der Waals surface area contributed by atoms with Gasteiger partial charge >= 0.3 is 5.97 Å². The first kappa shape index (κ1) is 7.85. The number of hydrogen-bond acceptors (Lipinski definition) is 2. The van der Waals surface area contributed by atoms with Crippen LogP contribution in [0.4, 0.5) is 0 Å². The highest BCUT2D eigenvalue weighted by Gasteiger charge is 2.12. The van der Waals surface area contributed by atoms with Gasteiger partial charge in [0.05, 0.1) is 0 Å². The van der Waals surface area contributed by atoms with Crippen molar-refractivity contribution in [2.24, 2.45) is 0 Å². The minimum Gasteiger partial charge on any atom is -0.478 e. The van der Waals surface area contributed by atoms with Crippen molar-refractivity contribution in [2.45, 2.75) is 20.3 Å². The molecule has 1 N–H and O–H groups in total. The van der Waals surface area contributed by atoms with E-state index in [2.05, 4.69) is 0 Å². The Kier molecular flexibility index (Phi) is 1.98. The van der Waals surface area contributed by atoms with Gasteiger partial charge in [-0.3, -0.25) is 0 Å². The van der Waals surface area contributed by atoms with Gasteiger partial charge in [-0.25, -0.2) is 4.79 Å². The molecule has 0 atom stereocenters. The maximum Gasteiger partial charge on any atom is 0.339 e. The van der Waals surface area contributed by atoms with Crippen LogP contribution in [0, 0.1) is 6.92 Å². The molecule has 0 spiro atoms. The number of aromatic carboxylic acids is 1. The minimum atomic E-state index is -0.918. The highest BCUT2D eigenvalue weighted by Crippen LogP contribution is 2.14. The van der Waals surface area contributed by atoms with E-state index in [4.69, 9.17) is 9.52 Å². The van der Waals surface area contributed by atoms with E-state index >= 15 is 0 Å². The third-order valence-electron chi connectivity index (χ3n) is 1.48. The number of carboxylic acid groups (broad SMARTS) is 1. The molecule has 1 aromatic heterocycles. The predicted molar refractivity (Wildman–Crippen MR) is 39.8 cm³/mol. The van der Waals surface area contributed by atoms with Crippen LogP contribution in [0.15, 0.2) is 10.5 Å². The zero-order valence-electron chi connectivity index (χ0n) is 6.55. The molecule has 0 aliphatic rings. The van der Waals surface area contributed by atoms with Crippen molar-refractivity contribution in [3.8, 4) is 0 Å². The zero-order valence-corrected chi connectivity index (χ0v) is 6.55. The van der Waals surface area contributed by atoms with Crippen LogP contribution in [-0.2, 0) is 6.42 Å². The molecule has 0 saturated heterocycles. The van der Waals surface area contributed by atoms with Crippen LogP contribution < -0.4 is 0 Å². The summed E-state index contributed by atoms with van der Waals surface area (Å²) in [5.41, 5.74) is 0.282. The summed E-state index contributed by atoms with van der Waals surface area (Å²) in [5, 5.41) is 8.65. The quantitative estimate of drug-likeness (QED) is 0.707. The molecule has 0 radical (unpaired) electrons. The number of carbonyl (C=O) groups is 1. The Hall–Kier alpha value is -1.25. The SMILES string of the molecule is CCc1oc(C)cc1C(=O)O. The molecule has 0 fully saturated rings. The zero-order chi connectivity index (χ0) is 8.43. The Bertz CT molecular complexity index is 273. The van der Waals surface area contributed by atoms with E-state index in [1.54, 1.807) is 13.0 Å². The molecule has 0 aromatic carbocycles. The van der Waals surface area contributed by atoms with Gasteiger partial charge in [0.15, 0.2) is 0 Å². The number of aryl methyl sites for hydroxylation is 2. The summed E-state index contributed by atoms with van der Waals surface area (Å²) in [4.78, 5) is 10.5. The first-order valence-corrected chi connectivity index (χ1v) is 3.47. The molecule has 0 unspecified atom stereocenters. The summed E-state index contributed by atoms with van der Waals surface area (Å²) in [6.07, 6.45) is 0.621. The van der Waals surface area contributed by atoms with E-state index < -0.39 is 5.97 Å². The highest BCUT2D eigenvalue weighted by molar-refractivity contribution is 5.88. The van der Waals surface area contributed by atoms with Gasteiger partial charge in [-0.15, -0.1) is 0 Å². The van der Waals surface area contributed by atoms with Crippen LogP contribution in [0.1, 0.15) is 28.8 Å². The van der Waals surface area contributed by atoms with E-state index in [1.807, 2.05) is 6.92 Å². The normalized spacial score (nSPS) is 10.0. The predicted octanol–water partition coefficient (Wildman–Crippen LogP) is 1.85. The van der Waals surface area contributed by atoms with Crippen LogP contribution in [0.25, 0.3) is 0 Å². The molecule has 60 valence electrons. The van der Waals surface area contributed by atoms with Crippen molar-refractivity contribution in [1.82, 2.24) is 0 Å². The third kappa shape index (κ3) is 1.42. The standard InChI is InChI=1S/C8H10O3/c1-3-7-6(8(9)10)4-5(2)11-7/h4H,3H2,1-2H3,(H,9,10). The maximum absolute atomic E-state index is 10.5. The topological polar surface area (TPSA) is 50.4 Å². The Morgan fingerprint density at radius 2 is 2.36 bits per heavy atom. The van der Waals surface area contributed by atoms with Gasteiger partial charge in [0.1, 0.15) is 17.1 Å². The number of carboxylic acids is 1. The molecule has 1 rings (SSSR count). The summed E-state index contributed by atoms with van der Waals surface area (Å²) in [5.74, 6) is 0.285. The average Bonchev–Trinajstić information content (AvgIpc) is 2.30.